The van der Waals surface area contributed by atoms with Gasteiger partial charge in [0.25, 0.3) is 5.91 Å². The van der Waals surface area contributed by atoms with E-state index in [9.17, 15) is 14.4 Å². The molecular formula is C26H27N3O4. The molecule has 2 aromatic carbocycles. The highest BCUT2D eigenvalue weighted by atomic mass is 16.3. The SMILES string of the molecule is Cc1ccc(C(=O)N2CCN(C(C)C(=O)Nc3ccccc3C(=O)c3ccccc3)CC2)o1. The van der Waals surface area contributed by atoms with E-state index < -0.39 is 6.04 Å². The molecule has 2 heterocycles. The molecule has 0 radical (unpaired) electrons. The van der Waals surface area contributed by atoms with Crippen LogP contribution in [0.15, 0.2) is 71.1 Å². The van der Waals surface area contributed by atoms with E-state index in [1.54, 1.807) is 60.4 Å². The quantitative estimate of drug-likeness (QED) is 0.586. The van der Waals surface area contributed by atoms with Crippen molar-refractivity contribution in [3.05, 3.63) is 89.4 Å². The Morgan fingerprint density at radius 3 is 2.21 bits per heavy atom. The maximum Gasteiger partial charge on any atom is 0.289 e. The molecule has 170 valence electrons. The van der Waals surface area contributed by atoms with Gasteiger partial charge in [-0.15, -0.1) is 0 Å². The lowest BCUT2D eigenvalue weighted by atomic mass is 10.0. The summed E-state index contributed by atoms with van der Waals surface area (Å²) in [6.07, 6.45) is 0. The molecule has 1 unspecified atom stereocenters. The molecule has 0 spiro atoms. The number of aryl methyl sites for hydroxylation is 1. The van der Waals surface area contributed by atoms with Crippen LogP contribution in [0, 0.1) is 6.92 Å². The molecular weight excluding hydrogens is 418 g/mol. The molecule has 0 saturated carbocycles. The number of carbonyl (C=O) groups excluding carboxylic acids is 3. The summed E-state index contributed by atoms with van der Waals surface area (Å²) < 4.78 is 5.44. The Morgan fingerprint density at radius 1 is 0.879 bits per heavy atom. The first-order valence-corrected chi connectivity index (χ1v) is 11.0. The molecule has 1 N–H and O–H groups in total. The fraction of sp³-hybridized carbons (Fsp3) is 0.269. The molecule has 7 heteroatoms. The number of ketones is 1. The van der Waals surface area contributed by atoms with E-state index in [0.717, 1.165) is 0 Å². The smallest absolute Gasteiger partial charge is 0.289 e. The van der Waals surface area contributed by atoms with Gasteiger partial charge in [-0.05, 0) is 38.1 Å². The number of nitrogens with zero attached hydrogens (tertiary/aromatic N) is 2. The van der Waals surface area contributed by atoms with Crippen molar-refractivity contribution in [3.63, 3.8) is 0 Å². The molecule has 2 amide bonds. The number of piperazine rings is 1. The highest BCUT2D eigenvalue weighted by molar-refractivity contribution is 6.14. The van der Waals surface area contributed by atoms with Crippen molar-refractivity contribution >= 4 is 23.3 Å². The first-order valence-electron chi connectivity index (χ1n) is 11.0. The monoisotopic (exact) mass is 445 g/mol. The summed E-state index contributed by atoms with van der Waals surface area (Å²) in [6.45, 7) is 5.82. The number of para-hydroxylation sites is 1. The van der Waals surface area contributed by atoms with Gasteiger partial charge in [0, 0.05) is 37.3 Å². The molecule has 1 aliphatic rings. The number of nitrogens with one attached hydrogen (secondary N) is 1. The lowest BCUT2D eigenvalue weighted by Gasteiger charge is -2.37. The van der Waals surface area contributed by atoms with Crippen molar-refractivity contribution in [2.45, 2.75) is 19.9 Å². The molecule has 0 aliphatic carbocycles. The van der Waals surface area contributed by atoms with Gasteiger partial charge in [0.1, 0.15) is 5.76 Å². The van der Waals surface area contributed by atoms with Crippen molar-refractivity contribution in [1.29, 1.82) is 0 Å². The first kappa shape index (κ1) is 22.5. The zero-order valence-corrected chi connectivity index (χ0v) is 18.8. The van der Waals surface area contributed by atoms with Crippen LogP contribution in [-0.2, 0) is 4.79 Å². The lowest BCUT2D eigenvalue weighted by Crippen LogP contribution is -2.54. The second-order valence-corrected chi connectivity index (χ2v) is 8.14. The number of carbonyl (C=O) groups is 3. The molecule has 0 bridgehead atoms. The number of hydrogen-bond acceptors (Lipinski definition) is 5. The number of anilines is 1. The Balaban J connectivity index is 1.38. The summed E-state index contributed by atoms with van der Waals surface area (Å²) >= 11 is 0. The summed E-state index contributed by atoms with van der Waals surface area (Å²) in [5.74, 6) is 0.581. The summed E-state index contributed by atoms with van der Waals surface area (Å²) in [4.78, 5) is 42.3. The highest BCUT2D eigenvalue weighted by Crippen LogP contribution is 2.20. The Hall–Kier alpha value is -3.71. The van der Waals surface area contributed by atoms with Crippen LogP contribution in [0.3, 0.4) is 0 Å². The Morgan fingerprint density at radius 2 is 1.55 bits per heavy atom. The normalized spacial score (nSPS) is 15.2. The molecule has 1 atom stereocenters. The van der Waals surface area contributed by atoms with Gasteiger partial charge in [-0.2, -0.15) is 0 Å². The number of amides is 2. The minimum Gasteiger partial charge on any atom is -0.456 e. The molecule has 1 saturated heterocycles. The van der Waals surface area contributed by atoms with Crippen LogP contribution in [0.4, 0.5) is 5.69 Å². The third-order valence-electron chi connectivity index (χ3n) is 5.95. The number of furan rings is 1. The van der Waals surface area contributed by atoms with Crippen molar-refractivity contribution in [3.8, 4) is 0 Å². The van der Waals surface area contributed by atoms with Gasteiger partial charge in [-0.1, -0.05) is 42.5 Å². The average Bonchev–Trinajstić information content (AvgIpc) is 3.30. The second kappa shape index (κ2) is 9.83. The van der Waals surface area contributed by atoms with Crippen LogP contribution in [0.1, 0.15) is 39.2 Å². The summed E-state index contributed by atoms with van der Waals surface area (Å²) in [5, 5.41) is 2.92. The van der Waals surface area contributed by atoms with Crippen molar-refractivity contribution < 1.29 is 18.8 Å². The predicted octanol–water partition coefficient (Wildman–Crippen LogP) is 3.60. The third kappa shape index (κ3) is 5.04. The first-order chi connectivity index (χ1) is 15.9. The summed E-state index contributed by atoms with van der Waals surface area (Å²) in [6, 6.07) is 19.1. The fourth-order valence-electron chi connectivity index (χ4n) is 3.96. The van der Waals surface area contributed by atoms with E-state index >= 15 is 0 Å². The molecule has 7 nitrogen and oxygen atoms in total. The average molecular weight is 446 g/mol. The van der Waals surface area contributed by atoms with Crippen molar-refractivity contribution in [2.24, 2.45) is 0 Å². The van der Waals surface area contributed by atoms with Gasteiger partial charge in [-0.3, -0.25) is 19.3 Å². The van der Waals surface area contributed by atoms with Crippen LogP contribution >= 0.6 is 0 Å². The third-order valence-corrected chi connectivity index (χ3v) is 5.95. The zero-order valence-electron chi connectivity index (χ0n) is 18.8. The summed E-state index contributed by atoms with van der Waals surface area (Å²) in [5.41, 5.74) is 1.51. The van der Waals surface area contributed by atoms with E-state index in [1.807, 2.05) is 30.0 Å². The van der Waals surface area contributed by atoms with Crippen molar-refractivity contribution in [1.82, 2.24) is 9.80 Å². The van der Waals surface area contributed by atoms with Gasteiger partial charge < -0.3 is 14.6 Å². The number of rotatable bonds is 6. The summed E-state index contributed by atoms with van der Waals surface area (Å²) in [7, 11) is 0. The Kier molecular flexibility index (Phi) is 6.70. The Bertz CT molecular complexity index is 1150. The predicted molar refractivity (Wildman–Crippen MR) is 125 cm³/mol. The van der Waals surface area contributed by atoms with Crippen LogP contribution in [0.25, 0.3) is 0 Å². The minimum absolute atomic E-state index is 0.131. The van der Waals surface area contributed by atoms with Gasteiger partial charge in [0.05, 0.1) is 11.7 Å². The fourth-order valence-corrected chi connectivity index (χ4v) is 3.96. The molecule has 1 aliphatic heterocycles. The topological polar surface area (TPSA) is 82.9 Å². The second-order valence-electron chi connectivity index (χ2n) is 8.14. The van der Waals surface area contributed by atoms with Gasteiger partial charge >= 0.3 is 0 Å². The van der Waals surface area contributed by atoms with E-state index in [-0.39, 0.29) is 17.6 Å². The number of hydrogen-bond donors (Lipinski definition) is 1. The van der Waals surface area contributed by atoms with Gasteiger partial charge in [0.15, 0.2) is 11.5 Å². The standard InChI is InChI=1S/C26H27N3O4/c1-18-12-13-23(33-18)26(32)29-16-14-28(15-17-29)19(2)25(31)27-22-11-7-6-10-21(22)24(30)20-8-4-3-5-9-20/h3-13,19H,14-17H2,1-2H3,(H,27,31). The highest BCUT2D eigenvalue weighted by Gasteiger charge is 2.29. The van der Waals surface area contributed by atoms with Crippen LogP contribution in [0.5, 0.6) is 0 Å². The molecule has 1 fully saturated rings. The number of benzene rings is 2. The van der Waals surface area contributed by atoms with Crippen LogP contribution in [-0.4, -0.2) is 59.6 Å². The minimum atomic E-state index is -0.409. The molecule has 1 aromatic heterocycles. The molecule has 3 aromatic rings. The van der Waals surface area contributed by atoms with Crippen LogP contribution < -0.4 is 5.32 Å². The van der Waals surface area contributed by atoms with Gasteiger partial charge in [-0.25, -0.2) is 0 Å². The van der Waals surface area contributed by atoms with E-state index in [1.165, 1.54) is 0 Å². The van der Waals surface area contributed by atoms with Crippen LogP contribution in [0.2, 0.25) is 0 Å². The molecule has 4 rings (SSSR count). The Labute approximate surface area is 193 Å². The van der Waals surface area contributed by atoms with E-state index in [2.05, 4.69) is 5.32 Å². The maximum atomic E-state index is 13.0. The molecule has 33 heavy (non-hydrogen) atoms. The van der Waals surface area contributed by atoms with Crippen molar-refractivity contribution in [2.75, 3.05) is 31.5 Å². The van der Waals surface area contributed by atoms with E-state index in [0.29, 0.717) is 54.5 Å². The van der Waals surface area contributed by atoms with Gasteiger partial charge in [0.2, 0.25) is 5.91 Å². The lowest BCUT2D eigenvalue weighted by molar-refractivity contribution is -0.121. The largest absolute Gasteiger partial charge is 0.456 e. The van der Waals surface area contributed by atoms with E-state index in [4.69, 9.17) is 4.42 Å². The zero-order chi connectivity index (χ0) is 23.4. The maximum absolute atomic E-state index is 13.0.